The topological polar surface area (TPSA) is 62.6 Å². The Labute approximate surface area is 109 Å². The van der Waals surface area contributed by atoms with Crippen LogP contribution in [0.5, 0.6) is 0 Å². The van der Waals surface area contributed by atoms with Gasteiger partial charge < -0.3 is 9.73 Å². The highest BCUT2D eigenvalue weighted by Gasteiger charge is 2.23. The Balaban J connectivity index is 2.78. The van der Waals surface area contributed by atoms with E-state index >= 15 is 0 Å². The van der Waals surface area contributed by atoms with Gasteiger partial charge in [-0.25, -0.2) is 8.42 Å². The van der Waals surface area contributed by atoms with Crippen LogP contribution in [0, 0.1) is 0 Å². The van der Waals surface area contributed by atoms with Gasteiger partial charge in [-0.1, -0.05) is 13.0 Å². The largest absolute Gasteiger partial charge is 0.447 e. The molecule has 0 amide bonds. The van der Waals surface area contributed by atoms with Crippen LogP contribution < -0.4 is 5.32 Å². The Bertz CT molecular complexity index is 479. The number of sulfonamides is 1. The van der Waals surface area contributed by atoms with Crippen LogP contribution in [0.4, 0.5) is 0 Å². The fraction of sp³-hybridized carbons (Fsp3) is 0.500. The van der Waals surface area contributed by atoms with Crippen molar-refractivity contribution in [1.29, 1.82) is 0 Å². The lowest BCUT2D eigenvalue weighted by Gasteiger charge is -2.13. The summed E-state index contributed by atoms with van der Waals surface area (Å²) in [6, 6.07) is 3.17. The van der Waals surface area contributed by atoms with Crippen LogP contribution in [0.2, 0.25) is 0 Å². The van der Waals surface area contributed by atoms with E-state index in [-0.39, 0.29) is 5.09 Å². The summed E-state index contributed by atoms with van der Waals surface area (Å²) < 4.78 is 30.8. The van der Waals surface area contributed by atoms with Gasteiger partial charge in [0, 0.05) is 13.6 Å². The summed E-state index contributed by atoms with van der Waals surface area (Å²) in [5.41, 5.74) is 0. The molecule has 0 aromatic carbocycles. The van der Waals surface area contributed by atoms with Gasteiger partial charge in [-0.15, -0.1) is 6.58 Å². The van der Waals surface area contributed by atoms with Crippen molar-refractivity contribution in [2.45, 2.75) is 25.0 Å². The summed E-state index contributed by atoms with van der Waals surface area (Å²) in [4.78, 5) is 0. The molecule has 102 valence electrons. The van der Waals surface area contributed by atoms with Gasteiger partial charge in [0.25, 0.3) is 10.0 Å². The summed E-state index contributed by atoms with van der Waals surface area (Å²) in [6.07, 6.45) is 2.30. The molecule has 5 nitrogen and oxygen atoms in total. The molecule has 1 aromatic heterocycles. The van der Waals surface area contributed by atoms with Crippen LogP contribution in [-0.4, -0.2) is 32.9 Å². The SMILES string of the molecule is C=CCCN(C)S(=O)(=O)c1ccc(CNCC)o1. The van der Waals surface area contributed by atoms with Gasteiger partial charge in [0.05, 0.1) is 6.54 Å². The molecule has 0 aliphatic heterocycles. The number of furan rings is 1. The number of hydrogen-bond acceptors (Lipinski definition) is 4. The lowest BCUT2D eigenvalue weighted by atomic mass is 10.4. The molecule has 1 N–H and O–H groups in total. The Morgan fingerprint density at radius 3 is 2.83 bits per heavy atom. The number of rotatable bonds is 8. The monoisotopic (exact) mass is 272 g/mol. The Morgan fingerprint density at radius 1 is 1.50 bits per heavy atom. The first kappa shape index (κ1) is 14.9. The number of nitrogens with zero attached hydrogens (tertiary/aromatic N) is 1. The lowest BCUT2D eigenvalue weighted by Crippen LogP contribution is -2.27. The van der Waals surface area contributed by atoms with Gasteiger partial charge in [0.1, 0.15) is 5.76 Å². The molecule has 0 spiro atoms. The summed E-state index contributed by atoms with van der Waals surface area (Å²) in [6.45, 7) is 7.28. The van der Waals surface area contributed by atoms with E-state index in [0.717, 1.165) is 6.54 Å². The minimum atomic E-state index is -3.52. The minimum Gasteiger partial charge on any atom is -0.447 e. The van der Waals surface area contributed by atoms with Crippen LogP contribution in [0.3, 0.4) is 0 Å². The van der Waals surface area contributed by atoms with Crippen molar-refractivity contribution in [3.05, 3.63) is 30.5 Å². The fourth-order valence-electron chi connectivity index (χ4n) is 1.39. The third-order valence-electron chi connectivity index (χ3n) is 2.50. The molecule has 0 unspecified atom stereocenters. The van der Waals surface area contributed by atoms with E-state index in [1.165, 1.54) is 17.4 Å². The Morgan fingerprint density at radius 2 is 2.22 bits per heavy atom. The zero-order chi connectivity index (χ0) is 13.6. The average Bonchev–Trinajstić information content (AvgIpc) is 2.82. The van der Waals surface area contributed by atoms with Gasteiger partial charge in [0.15, 0.2) is 0 Å². The van der Waals surface area contributed by atoms with Crippen molar-refractivity contribution in [3.63, 3.8) is 0 Å². The van der Waals surface area contributed by atoms with E-state index in [9.17, 15) is 8.42 Å². The van der Waals surface area contributed by atoms with Crippen molar-refractivity contribution in [1.82, 2.24) is 9.62 Å². The first-order valence-corrected chi connectivity index (χ1v) is 7.33. The first-order chi connectivity index (χ1) is 8.52. The van der Waals surface area contributed by atoms with E-state index in [1.54, 1.807) is 12.1 Å². The standard InChI is InChI=1S/C12H20N2O3S/c1-4-6-9-14(3)18(15,16)12-8-7-11(17-12)10-13-5-2/h4,7-8,13H,1,5-6,9-10H2,2-3H3. The summed E-state index contributed by atoms with van der Waals surface area (Å²) >= 11 is 0. The van der Waals surface area contributed by atoms with Crippen molar-refractivity contribution in [2.24, 2.45) is 0 Å². The summed E-state index contributed by atoms with van der Waals surface area (Å²) in [5, 5.41) is 3.07. The molecular formula is C12H20N2O3S. The summed E-state index contributed by atoms with van der Waals surface area (Å²) in [7, 11) is -1.99. The van der Waals surface area contributed by atoms with Crippen LogP contribution in [0.25, 0.3) is 0 Å². The first-order valence-electron chi connectivity index (χ1n) is 5.89. The predicted octanol–water partition coefficient (Wildman–Crippen LogP) is 1.59. The van der Waals surface area contributed by atoms with Crippen molar-refractivity contribution >= 4 is 10.0 Å². The lowest BCUT2D eigenvalue weighted by molar-refractivity contribution is 0.382. The second kappa shape index (κ2) is 6.72. The third kappa shape index (κ3) is 3.69. The van der Waals surface area contributed by atoms with Crippen molar-refractivity contribution in [2.75, 3.05) is 20.1 Å². The van der Waals surface area contributed by atoms with Gasteiger partial charge in [-0.05, 0) is 25.1 Å². The van der Waals surface area contributed by atoms with Crippen LogP contribution in [-0.2, 0) is 16.6 Å². The molecule has 6 heteroatoms. The Kier molecular flexibility index (Phi) is 5.58. The van der Waals surface area contributed by atoms with E-state index in [4.69, 9.17) is 4.42 Å². The fourth-order valence-corrected chi connectivity index (χ4v) is 2.49. The molecule has 0 fully saturated rings. The van der Waals surface area contributed by atoms with E-state index in [2.05, 4.69) is 11.9 Å². The summed E-state index contributed by atoms with van der Waals surface area (Å²) in [5.74, 6) is 0.618. The molecule has 0 bridgehead atoms. The van der Waals surface area contributed by atoms with E-state index in [1.807, 2.05) is 6.92 Å². The minimum absolute atomic E-state index is 0.0121. The third-order valence-corrected chi connectivity index (χ3v) is 4.23. The van der Waals surface area contributed by atoms with Gasteiger partial charge in [-0.2, -0.15) is 4.31 Å². The molecule has 0 atom stereocenters. The zero-order valence-electron chi connectivity index (χ0n) is 10.8. The van der Waals surface area contributed by atoms with E-state index in [0.29, 0.717) is 25.3 Å². The van der Waals surface area contributed by atoms with Crippen LogP contribution >= 0.6 is 0 Å². The second-order valence-corrected chi connectivity index (χ2v) is 5.88. The smallest absolute Gasteiger partial charge is 0.276 e. The molecular weight excluding hydrogens is 252 g/mol. The highest BCUT2D eigenvalue weighted by Crippen LogP contribution is 2.17. The van der Waals surface area contributed by atoms with Crippen LogP contribution in [0.1, 0.15) is 19.1 Å². The molecule has 0 saturated heterocycles. The highest BCUT2D eigenvalue weighted by atomic mass is 32.2. The maximum Gasteiger partial charge on any atom is 0.276 e. The molecule has 1 aromatic rings. The zero-order valence-corrected chi connectivity index (χ0v) is 11.7. The van der Waals surface area contributed by atoms with Gasteiger partial charge in [0.2, 0.25) is 5.09 Å². The second-order valence-electron chi connectivity index (χ2n) is 3.90. The molecule has 0 saturated carbocycles. The maximum atomic E-state index is 12.1. The number of hydrogen-bond donors (Lipinski definition) is 1. The molecule has 0 aliphatic rings. The van der Waals surface area contributed by atoms with Crippen molar-refractivity contribution < 1.29 is 12.8 Å². The Hall–Kier alpha value is -1.11. The van der Waals surface area contributed by atoms with Crippen molar-refractivity contribution in [3.8, 4) is 0 Å². The molecule has 0 aliphatic carbocycles. The molecule has 0 radical (unpaired) electrons. The highest BCUT2D eigenvalue weighted by molar-refractivity contribution is 7.89. The molecule has 1 rings (SSSR count). The quantitative estimate of drug-likeness (QED) is 0.730. The average molecular weight is 272 g/mol. The van der Waals surface area contributed by atoms with Gasteiger partial charge >= 0.3 is 0 Å². The van der Waals surface area contributed by atoms with Crippen LogP contribution in [0.15, 0.2) is 34.3 Å². The maximum absolute atomic E-state index is 12.1. The molecule has 1 heterocycles. The van der Waals surface area contributed by atoms with E-state index < -0.39 is 10.0 Å². The number of nitrogens with one attached hydrogen (secondary N) is 1. The molecule has 18 heavy (non-hydrogen) atoms. The predicted molar refractivity (Wildman–Crippen MR) is 70.7 cm³/mol. The van der Waals surface area contributed by atoms with Gasteiger partial charge in [-0.3, -0.25) is 0 Å². The normalized spacial score (nSPS) is 11.9.